The molecule has 0 aliphatic heterocycles. The monoisotopic (exact) mass is 156 g/mol. The standard InChI is InChI=1S/C10H20O/c1-4-9(2)6-5-7-10(3)8-11/h7,9,11H,4-6,8H2,1-3H3/b10-7+. The van der Waals surface area contributed by atoms with E-state index in [2.05, 4.69) is 19.9 Å². The minimum absolute atomic E-state index is 0.209. The van der Waals surface area contributed by atoms with Crippen LogP contribution in [0.2, 0.25) is 0 Å². The normalized spacial score (nSPS) is 15.1. The van der Waals surface area contributed by atoms with Crippen LogP contribution in [0, 0.1) is 5.92 Å². The summed E-state index contributed by atoms with van der Waals surface area (Å²) in [4.78, 5) is 0. The molecule has 0 amide bonds. The maximum absolute atomic E-state index is 8.69. The molecule has 0 fully saturated rings. The van der Waals surface area contributed by atoms with Gasteiger partial charge in [-0.3, -0.25) is 0 Å². The number of rotatable bonds is 5. The molecule has 0 saturated carbocycles. The van der Waals surface area contributed by atoms with E-state index in [0.29, 0.717) is 0 Å². The quantitative estimate of drug-likeness (QED) is 0.607. The SMILES string of the molecule is CCC(C)CC/C=C(\C)CO. The van der Waals surface area contributed by atoms with E-state index in [-0.39, 0.29) is 6.61 Å². The van der Waals surface area contributed by atoms with Crippen LogP contribution in [-0.2, 0) is 0 Å². The van der Waals surface area contributed by atoms with Crippen molar-refractivity contribution in [2.45, 2.75) is 40.0 Å². The summed E-state index contributed by atoms with van der Waals surface area (Å²) in [5, 5.41) is 8.69. The van der Waals surface area contributed by atoms with Crippen molar-refractivity contribution in [3.05, 3.63) is 11.6 Å². The number of hydrogen-bond donors (Lipinski definition) is 1. The van der Waals surface area contributed by atoms with Gasteiger partial charge in [-0.05, 0) is 25.7 Å². The molecule has 0 aromatic heterocycles. The molecule has 1 nitrogen and oxygen atoms in total. The van der Waals surface area contributed by atoms with Crippen molar-refractivity contribution in [3.8, 4) is 0 Å². The van der Waals surface area contributed by atoms with Crippen LogP contribution in [0.15, 0.2) is 11.6 Å². The molecule has 0 aromatic rings. The Bertz CT molecular complexity index is 116. The molecular formula is C10H20O. The molecule has 0 bridgehead atoms. The smallest absolute Gasteiger partial charge is 0.0639 e. The highest BCUT2D eigenvalue weighted by Crippen LogP contribution is 2.10. The van der Waals surface area contributed by atoms with Crippen LogP contribution in [0.25, 0.3) is 0 Å². The van der Waals surface area contributed by atoms with E-state index in [1.165, 1.54) is 12.8 Å². The van der Waals surface area contributed by atoms with E-state index in [9.17, 15) is 0 Å². The van der Waals surface area contributed by atoms with Gasteiger partial charge < -0.3 is 5.11 Å². The van der Waals surface area contributed by atoms with E-state index >= 15 is 0 Å². The van der Waals surface area contributed by atoms with Crippen LogP contribution in [0.1, 0.15) is 40.0 Å². The highest BCUT2D eigenvalue weighted by atomic mass is 16.3. The van der Waals surface area contributed by atoms with E-state index in [4.69, 9.17) is 5.11 Å². The van der Waals surface area contributed by atoms with Gasteiger partial charge in [-0.2, -0.15) is 0 Å². The third-order valence-electron chi connectivity index (χ3n) is 2.10. The summed E-state index contributed by atoms with van der Waals surface area (Å²) in [6.07, 6.45) is 5.74. The summed E-state index contributed by atoms with van der Waals surface area (Å²) < 4.78 is 0. The van der Waals surface area contributed by atoms with Gasteiger partial charge in [-0.15, -0.1) is 0 Å². The average Bonchev–Trinajstić information content (AvgIpc) is 2.04. The van der Waals surface area contributed by atoms with E-state index in [0.717, 1.165) is 17.9 Å². The molecule has 1 unspecified atom stereocenters. The van der Waals surface area contributed by atoms with E-state index in [1.54, 1.807) is 0 Å². The van der Waals surface area contributed by atoms with Crippen LogP contribution in [0.5, 0.6) is 0 Å². The lowest BCUT2D eigenvalue weighted by Crippen LogP contribution is -1.91. The molecule has 1 N–H and O–H groups in total. The lowest BCUT2D eigenvalue weighted by atomic mass is 10.0. The van der Waals surface area contributed by atoms with Gasteiger partial charge in [0.2, 0.25) is 0 Å². The van der Waals surface area contributed by atoms with Crippen molar-refractivity contribution >= 4 is 0 Å². The predicted octanol–water partition coefficient (Wildman–Crippen LogP) is 2.75. The summed E-state index contributed by atoms with van der Waals surface area (Å²) in [5.74, 6) is 0.817. The largest absolute Gasteiger partial charge is 0.392 e. The molecule has 0 rings (SSSR count). The van der Waals surface area contributed by atoms with Gasteiger partial charge in [-0.1, -0.05) is 31.9 Å². The number of allylic oxidation sites excluding steroid dienone is 1. The van der Waals surface area contributed by atoms with Crippen molar-refractivity contribution in [3.63, 3.8) is 0 Å². The van der Waals surface area contributed by atoms with Crippen LogP contribution in [-0.4, -0.2) is 11.7 Å². The maximum atomic E-state index is 8.69. The fourth-order valence-corrected chi connectivity index (χ4v) is 0.883. The maximum Gasteiger partial charge on any atom is 0.0639 e. The fourth-order valence-electron chi connectivity index (χ4n) is 0.883. The van der Waals surface area contributed by atoms with Crippen LogP contribution in [0.3, 0.4) is 0 Å². The first-order valence-electron chi connectivity index (χ1n) is 4.47. The summed E-state index contributed by atoms with van der Waals surface area (Å²) in [6, 6.07) is 0. The zero-order valence-electron chi connectivity index (χ0n) is 7.93. The summed E-state index contributed by atoms with van der Waals surface area (Å²) in [7, 11) is 0. The Morgan fingerprint density at radius 3 is 2.64 bits per heavy atom. The first-order chi connectivity index (χ1) is 5.20. The second kappa shape index (κ2) is 6.41. The Balaban J connectivity index is 3.39. The van der Waals surface area contributed by atoms with Gasteiger partial charge in [0.1, 0.15) is 0 Å². The van der Waals surface area contributed by atoms with Gasteiger partial charge >= 0.3 is 0 Å². The Morgan fingerprint density at radius 1 is 1.55 bits per heavy atom. The third kappa shape index (κ3) is 6.11. The third-order valence-corrected chi connectivity index (χ3v) is 2.10. The van der Waals surface area contributed by atoms with Gasteiger partial charge in [0.05, 0.1) is 6.61 Å². The molecule has 1 heteroatoms. The Morgan fingerprint density at radius 2 is 2.18 bits per heavy atom. The average molecular weight is 156 g/mol. The topological polar surface area (TPSA) is 20.2 Å². The molecule has 0 aliphatic carbocycles. The highest BCUT2D eigenvalue weighted by Gasteiger charge is 1.95. The summed E-state index contributed by atoms with van der Waals surface area (Å²) in [5.41, 5.74) is 1.09. The number of hydrogen-bond acceptors (Lipinski definition) is 1. The lowest BCUT2D eigenvalue weighted by molar-refractivity contribution is 0.330. The van der Waals surface area contributed by atoms with Gasteiger partial charge in [0.25, 0.3) is 0 Å². The highest BCUT2D eigenvalue weighted by molar-refractivity contribution is 4.97. The van der Waals surface area contributed by atoms with E-state index in [1.807, 2.05) is 6.92 Å². The predicted molar refractivity (Wildman–Crippen MR) is 49.5 cm³/mol. The molecule has 0 saturated heterocycles. The van der Waals surface area contributed by atoms with Gasteiger partial charge in [0, 0.05) is 0 Å². The molecular weight excluding hydrogens is 136 g/mol. The molecule has 0 heterocycles. The second-order valence-corrected chi connectivity index (χ2v) is 3.30. The molecule has 11 heavy (non-hydrogen) atoms. The molecule has 0 aromatic carbocycles. The Kier molecular flexibility index (Phi) is 6.24. The van der Waals surface area contributed by atoms with Crippen molar-refractivity contribution in [1.82, 2.24) is 0 Å². The van der Waals surface area contributed by atoms with Crippen LogP contribution >= 0.6 is 0 Å². The van der Waals surface area contributed by atoms with Crippen molar-refractivity contribution in [1.29, 1.82) is 0 Å². The van der Waals surface area contributed by atoms with Crippen molar-refractivity contribution < 1.29 is 5.11 Å². The zero-order chi connectivity index (χ0) is 8.69. The first-order valence-corrected chi connectivity index (χ1v) is 4.47. The second-order valence-electron chi connectivity index (χ2n) is 3.30. The summed E-state index contributed by atoms with van der Waals surface area (Å²) >= 11 is 0. The van der Waals surface area contributed by atoms with E-state index < -0.39 is 0 Å². The molecule has 0 spiro atoms. The number of aliphatic hydroxyl groups excluding tert-OH is 1. The Labute approximate surface area is 70.1 Å². The van der Waals surface area contributed by atoms with Crippen LogP contribution < -0.4 is 0 Å². The van der Waals surface area contributed by atoms with Gasteiger partial charge in [-0.25, -0.2) is 0 Å². The van der Waals surface area contributed by atoms with Crippen molar-refractivity contribution in [2.24, 2.45) is 5.92 Å². The molecule has 0 aliphatic rings. The number of aliphatic hydroxyl groups is 1. The zero-order valence-corrected chi connectivity index (χ0v) is 7.93. The minimum Gasteiger partial charge on any atom is -0.392 e. The summed E-state index contributed by atoms with van der Waals surface area (Å²) in [6.45, 7) is 6.66. The molecule has 1 atom stereocenters. The molecule has 0 radical (unpaired) electrons. The van der Waals surface area contributed by atoms with Crippen LogP contribution in [0.4, 0.5) is 0 Å². The minimum atomic E-state index is 0.209. The first kappa shape index (κ1) is 10.7. The Hall–Kier alpha value is -0.300. The fraction of sp³-hybridized carbons (Fsp3) is 0.800. The van der Waals surface area contributed by atoms with Crippen molar-refractivity contribution in [2.75, 3.05) is 6.61 Å². The molecule has 66 valence electrons. The van der Waals surface area contributed by atoms with Gasteiger partial charge in [0.15, 0.2) is 0 Å². The lowest BCUT2D eigenvalue weighted by Gasteiger charge is -2.04.